The molecule has 2 aromatic carbocycles. The first kappa shape index (κ1) is 12.6. The van der Waals surface area contributed by atoms with Gasteiger partial charge in [0.25, 0.3) is 0 Å². The Balaban J connectivity index is 1.72. The number of benzene rings is 2. The third kappa shape index (κ3) is 2.13. The summed E-state index contributed by atoms with van der Waals surface area (Å²) >= 11 is 0. The lowest BCUT2D eigenvalue weighted by Gasteiger charge is -2.34. The zero-order chi connectivity index (χ0) is 14.2. The fourth-order valence-electron chi connectivity index (χ4n) is 3.21. The van der Waals surface area contributed by atoms with Crippen molar-refractivity contribution in [3.63, 3.8) is 0 Å². The van der Waals surface area contributed by atoms with E-state index in [1.807, 2.05) is 0 Å². The molecule has 2 aliphatic heterocycles. The molecule has 0 spiro atoms. The van der Waals surface area contributed by atoms with E-state index in [4.69, 9.17) is 9.47 Å². The van der Waals surface area contributed by atoms with Gasteiger partial charge in [0.1, 0.15) is 11.5 Å². The lowest BCUT2D eigenvalue weighted by molar-refractivity contribution is 0.260. The fourth-order valence-corrected chi connectivity index (χ4v) is 3.21. The van der Waals surface area contributed by atoms with Crippen molar-refractivity contribution in [1.82, 2.24) is 0 Å². The van der Waals surface area contributed by atoms with Crippen molar-refractivity contribution in [2.45, 2.75) is 26.3 Å². The molecule has 0 fully saturated rings. The first-order valence-corrected chi connectivity index (χ1v) is 7.54. The van der Waals surface area contributed by atoms with Crippen LogP contribution >= 0.6 is 0 Å². The molecular weight excluding hydrogens is 262 g/mol. The average Bonchev–Trinajstić information content (AvgIpc) is 2.55. The van der Waals surface area contributed by atoms with Gasteiger partial charge in [0.2, 0.25) is 0 Å². The maximum absolute atomic E-state index is 5.96. The minimum atomic E-state index is 0.594. The van der Waals surface area contributed by atoms with Crippen LogP contribution in [-0.4, -0.2) is 13.3 Å². The van der Waals surface area contributed by atoms with Crippen molar-refractivity contribution >= 4 is 5.69 Å². The maximum atomic E-state index is 5.96. The second-order valence-corrected chi connectivity index (χ2v) is 5.74. The first-order valence-electron chi connectivity index (χ1n) is 7.54. The predicted octanol–water partition coefficient (Wildman–Crippen LogP) is 3.68. The van der Waals surface area contributed by atoms with Gasteiger partial charge < -0.3 is 14.4 Å². The number of nitrogens with zero attached hydrogens (tertiary/aromatic N) is 1. The van der Waals surface area contributed by atoms with Crippen LogP contribution in [0, 0.1) is 6.92 Å². The van der Waals surface area contributed by atoms with Crippen LogP contribution in [0.25, 0.3) is 0 Å². The Kier molecular flexibility index (Phi) is 2.99. The van der Waals surface area contributed by atoms with Crippen LogP contribution in [0.2, 0.25) is 0 Å². The number of hydrogen-bond donors (Lipinski definition) is 0. The van der Waals surface area contributed by atoms with E-state index in [0.717, 1.165) is 37.5 Å². The molecular formula is C18H19NO2. The molecule has 108 valence electrons. The van der Waals surface area contributed by atoms with Crippen molar-refractivity contribution in [2.75, 3.05) is 18.2 Å². The van der Waals surface area contributed by atoms with Crippen LogP contribution in [0.15, 0.2) is 36.4 Å². The fraction of sp³-hybridized carbons (Fsp3) is 0.333. The predicted molar refractivity (Wildman–Crippen MR) is 83.1 cm³/mol. The summed E-state index contributed by atoms with van der Waals surface area (Å²) in [5.74, 6) is 2.03. The number of fused-ring (bicyclic) bond motifs is 3. The van der Waals surface area contributed by atoms with E-state index < -0.39 is 0 Å². The van der Waals surface area contributed by atoms with E-state index >= 15 is 0 Å². The molecule has 21 heavy (non-hydrogen) atoms. The Hall–Kier alpha value is -2.16. The molecule has 0 amide bonds. The summed E-state index contributed by atoms with van der Waals surface area (Å²) in [6, 6.07) is 12.7. The van der Waals surface area contributed by atoms with Crippen LogP contribution in [0.5, 0.6) is 11.5 Å². The van der Waals surface area contributed by atoms with Crippen molar-refractivity contribution in [3.05, 3.63) is 53.1 Å². The van der Waals surface area contributed by atoms with Crippen molar-refractivity contribution in [2.24, 2.45) is 0 Å². The largest absolute Gasteiger partial charge is 0.493 e. The lowest BCUT2D eigenvalue weighted by atomic mass is 10.00. The normalized spacial score (nSPS) is 16.5. The molecule has 4 rings (SSSR count). The molecule has 2 heterocycles. The summed E-state index contributed by atoms with van der Waals surface area (Å²) in [6.07, 6.45) is 2.21. The summed E-state index contributed by atoms with van der Waals surface area (Å²) < 4.78 is 11.9. The van der Waals surface area contributed by atoms with Crippen molar-refractivity contribution in [1.29, 1.82) is 0 Å². The van der Waals surface area contributed by atoms with Gasteiger partial charge in [-0.3, -0.25) is 0 Å². The summed E-state index contributed by atoms with van der Waals surface area (Å²) in [5.41, 5.74) is 5.02. The third-order valence-electron chi connectivity index (χ3n) is 4.32. The molecule has 0 bridgehead atoms. The molecule has 0 radical (unpaired) electrons. The van der Waals surface area contributed by atoms with Gasteiger partial charge in [-0.1, -0.05) is 24.3 Å². The van der Waals surface area contributed by atoms with E-state index in [2.05, 4.69) is 48.2 Å². The Morgan fingerprint density at radius 3 is 2.86 bits per heavy atom. The van der Waals surface area contributed by atoms with Gasteiger partial charge in [0.05, 0.1) is 18.7 Å². The van der Waals surface area contributed by atoms with E-state index in [0.29, 0.717) is 6.73 Å². The number of ether oxygens (including phenoxy) is 2. The summed E-state index contributed by atoms with van der Waals surface area (Å²) in [5, 5.41) is 0. The quantitative estimate of drug-likeness (QED) is 0.796. The van der Waals surface area contributed by atoms with Crippen molar-refractivity contribution < 1.29 is 9.47 Å². The van der Waals surface area contributed by atoms with E-state index in [9.17, 15) is 0 Å². The molecule has 0 aromatic heterocycles. The smallest absolute Gasteiger partial charge is 0.161 e. The highest BCUT2D eigenvalue weighted by Gasteiger charge is 2.25. The van der Waals surface area contributed by atoms with Gasteiger partial charge >= 0.3 is 0 Å². The molecule has 0 N–H and O–H groups in total. The first-order chi connectivity index (χ1) is 10.3. The SMILES string of the molecule is Cc1ccccc1N1COc2ccc3c(c2C1)OCCC3. The zero-order valence-corrected chi connectivity index (χ0v) is 12.3. The number of para-hydroxylation sites is 1. The lowest BCUT2D eigenvalue weighted by Crippen LogP contribution is -2.33. The Morgan fingerprint density at radius 2 is 1.95 bits per heavy atom. The van der Waals surface area contributed by atoms with Gasteiger partial charge in [0.15, 0.2) is 6.73 Å². The second-order valence-electron chi connectivity index (χ2n) is 5.74. The van der Waals surface area contributed by atoms with Crippen LogP contribution in [0.3, 0.4) is 0 Å². The van der Waals surface area contributed by atoms with E-state index in [1.165, 1.54) is 22.4 Å². The Labute approximate surface area is 125 Å². The average molecular weight is 281 g/mol. The second kappa shape index (κ2) is 4.99. The van der Waals surface area contributed by atoms with Gasteiger partial charge in [-0.25, -0.2) is 0 Å². The summed E-state index contributed by atoms with van der Waals surface area (Å²) in [6.45, 7) is 4.40. The minimum Gasteiger partial charge on any atom is -0.493 e. The molecule has 2 aliphatic rings. The standard InChI is InChI=1S/C18H19NO2/c1-13-5-2-3-7-16(13)19-11-15-17(21-12-19)9-8-14-6-4-10-20-18(14)15/h2-3,5,7-9H,4,6,10-12H2,1H3. The molecule has 0 atom stereocenters. The zero-order valence-electron chi connectivity index (χ0n) is 12.3. The van der Waals surface area contributed by atoms with Gasteiger partial charge in [0, 0.05) is 5.69 Å². The highest BCUT2D eigenvalue weighted by atomic mass is 16.5. The maximum Gasteiger partial charge on any atom is 0.161 e. The number of hydrogen-bond acceptors (Lipinski definition) is 3. The number of rotatable bonds is 1. The third-order valence-corrected chi connectivity index (χ3v) is 4.32. The topological polar surface area (TPSA) is 21.7 Å². The molecule has 3 nitrogen and oxygen atoms in total. The monoisotopic (exact) mass is 281 g/mol. The van der Waals surface area contributed by atoms with Gasteiger partial charge in [-0.05, 0) is 43.0 Å². The van der Waals surface area contributed by atoms with Crippen molar-refractivity contribution in [3.8, 4) is 11.5 Å². The molecule has 2 aromatic rings. The van der Waals surface area contributed by atoms with Gasteiger partial charge in [-0.2, -0.15) is 0 Å². The number of anilines is 1. The summed E-state index contributed by atoms with van der Waals surface area (Å²) in [4.78, 5) is 2.27. The molecule has 0 saturated carbocycles. The Morgan fingerprint density at radius 1 is 1.05 bits per heavy atom. The van der Waals surface area contributed by atoms with Crippen LogP contribution in [-0.2, 0) is 13.0 Å². The highest BCUT2D eigenvalue weighted by molar-refractivity contribution is 5.58. The molecule has 3 heteroatoms. The van der Waals surface area contributed by atoms with Crippen LogP contribution in [0.1, 0.15) is 23.1 Å². The Bertz CT molecular complexity index is 681. The van der Waals surface area contributed by atoms with Gasteiger partial charge in [-0.15, -0.1) is 0 Å². The molecule has 0 aliphatic carbocycles. The van der Waals surface area contributed by atoms with Crippen LogP contribution in [0.4, 0.5) is 5.69 Å². The van der Waals surface area contributed by atoms with Crippen LogP contribution < -0.4 is 14.4 Å². The number of aryl methyl sites for hydroxylation is 2. The summed E-state index contributed by atoms with van der Waals surface area (Å²) in [7, 11) is 0. The van der Waals surface area contributed by atoms with E-state index in [-0.39, 0.29) is 0 Å². The molecule has 0 saturated heterocycles. The molecule has 0 unspecified atom stereocenters. The highest BCUT2D eigenvalue weighted by Crippen LogP contribution is 2.39. The minimum absolute atomic E-state index is 0.594. The van der Waals surface area contributed by atoms with E-state index in [1.54, 1.807) is 0 Å².